The summed E-state index contributed by atoms with van der Waals surface area (Å²) in [5.74, 6) is 2.46. The molecule has 3 aliphatic rings. The summed E-state index contributed by atoms with van der Waals surface area (Å²) < 4.78 is 13.2. The van der Waals surface area contributed by atoms with E-state index in [4.69, 9.17) is 9.47 Å². The molecule has 2 amide bonds. The molecule has 2 saturated heterocycles. The molecule has 11 nitrogen and oxygen atoms in total. The van der Waals surface area contributed by atoms with Gasteiger partial charge < -0.3 is 29.7 Å². The Balaban J connectivity index is 0.986. The molecule has 2 N–H and O–H groups in total. The molecule has 1 unspecified atom stereocenters. The number of hydrogen-bond acceptors (Lipinski definition) is 8. The summed E-state index contributed by atoms with van der Waals surface area (Å²) in [6.07, 6.45) is 4.59. The Bertz CT molecular complexity index is 1630. The van der Waals surface area contributed by atoms with Crippen molar-refractivity contribution in [1.82, 2.24) is 29.8 Å². The molecule has 0 bridgehead atoms. The Morgan fingerprint density at radius 1 is 1.05 bits per heavy atom. The number of carbonyl (C=O) groups excluding carboxylic acids is 1. The molecule has 3 aromatic heterocycles. The molecule has 1 aliphatic carbocycles. The SMILES string of the molecule is COc1cccc(N2CCC3(CC2)CN(CC(O)c2nc4c(C)cc(OCC5(c6ccccc6)CC5)cn4n2)C(=O)N3)n1. The first-order chi connectivity index (χ1) is 20.9. The van der Waals surface area contributed by atoms with Gasteiger partial charge in [0.25, 0.3) is 0 Å². The summed E-state index contributed by atoms with van der Waals surface area (Å²) in [4.78, 5) is 26.0. The number of benzene rings is 1. The van der Waals surface area contributed by atoms with E-state index in [1.165, 1.54) is 5.56 Å². The van der Waals surface area contributed by atoms with E-state index in [2.05, 4.69) is 49.5 Å². The minimum Gasteiger partial charge on any atom is -0.491 e. The fraction of sp³-hybridized carbons (Fsp3) is 0.438. The monoisotopic (exact) mass is 583 g/mol. The first-order valence-corrected chi connectivity index (χ1v) is 14.9. The second-order valence-corrected chi connectivity index (χ2v) is 12.2. The number of aliphatic hydroxyl groups excluding tert-OH is 1. The van der Waals surface area contributed by atoms with Crippen molar-refractivity contribution in [2.24, 2.45) is 0 Å². The lowest BCUT2D eigenvalue weighted by molar-refractivity contribution is 0.121. The average molecular weight is 584 g/mol. The maximum absolute atomic E-state index is 13.0. The number of hydrogen-bond donors (Lipinski definition) is 2. The standard InChI is InChI=1S/C32H37N7O4/c1-22-17-24(43-21-31(11-12-31)23-7-4-3-5-8-23)18-39-29(22)34-28(36-39)25(40)19-38-20-32(35-30(38)41)13-15-37(16-14-32)26-9-6-10-27(33-26)42-2/h3-10,17-18,25,40H,11-16,19-21H2,1-2H3,(H,35,41). The van der Waals surface area contributed by atoms with Crippen molar-refractivity contribution in [3.8, 4) is 11.6 Å². The maximum atomic E-state index is 13.0. The van der Waals surface area contributed by atoms with Crippen molar-refractivity contribution in [2.45, 2.75) is 49.7 Å². The number of amides is 2. The van der Waals surface area contributed by atoms with Crippen molar-refractivity contribution in [2.75, 3.05) is 44.8 Å². The van der Waals surface area contributed by atoms with Crippen LogP contribution in [-0.2, 0) is 5.41 Å². The number of carbonyl (C=O) groups is 1. The molecular weight excluding hydrogens is 546 g/mol. The Labute approximate surface area is 250 Å². The van der Waals surface area contributed by atoms with Gasteiger partial charge in [-0.3, -0.25) is 0 Å². The first-order valence-electron chi connectivity index (χ1n) is 14.9. The molecule has 2 aliphatic heterocycles. The third-order valence-corrected chi connectivity index (χ3v) is 9.17. The number of pyridine rings is 2. The normalized spacial score (nSPS) is 19.5. The van der Waals surface area contributed by atoms with E-state index in [1.807, 2.05) is 43.5 Å². The molecule has 1 aromatic carbocycles. The number of methoxy groups -OCH3 is 1. The molecule has 3 fully saturated rings. The summed E-state index contributed by atoms with van der Waals surface area (Å²) in [7, 11) is 1.61. The van der Waals surface area contributed by atoms with E-state index in [1.54, 1.807) is 16.5 Å². The zero-order valence-corrected chi connectivity index (χ0v) is 24.6. The van der Waals surface area contributed by atoms with Crippen LogP contribution in [0.1, 0.15) is 48.7 Å². The largest absolute Gasteiger partial charge is 0.491 e. The van der Waals surface area contributed by atoms with Crippen LogP contribution in [0.25, 0.3) is 5.65 Å². The molecule has 5 heterocycles. The molecule has 0 radical (unpaired) electrons. The average Bonchev–Trinajstić information content (AvgIpc) is 3.60. The lowest BCUT2D eigenvalue weighted by atomic mass is 9.88. The summed E-state index contributed by atoms with van der Waals surface area (Å²) in [6, 6.07) is 18.1. The number of rotatable bonds is 9. The number of nitrogens with one attached hydrogen (secondary N) is 1. The van der Waals surface area contributed by atoms with Crippen LogP contribution in [0.4, 0.5) is 10.6 Å². The van der Waals surface area contributed by atoms with Crippen molar-refractivity contribution in [3.63, 3.8) is 0 Å². The van der Waals surface area contributed by atoms with Gasteiger partial charge in [-0.25, -0.2) is 14.3 Å². The predicted molar refractivity (Wildman–Crippen MR) is 161 cm³/mol. The van der Waals surface area contributed by atoms with E-state index in [0.717, 1.165) is 55.9 Å². The number of fused-ring (bicyclic) bond motifs is 1. The fourth-order valence-corrected chi connectivity index (χ4v) is 6.40. The highest BCUT2D eigenvalue weighted by atomic mass is 16.5. The summed E-state index contributed by atoms with van der Waals surface area (Å²) in [5, 5.41) is 18.9. The number of nitrogens with zero attached hydrogens (tertiary/aromatic N) is 6. The molecule has 1 atom stereocenters. The Morgan fingerprint density at radius 3 is 2.58 bits per heavy atom. The van der Waals surface area contributed by atoms with Crippen LogP contribution in [0, 0.1) is 6.92 Å². The van der Waals surface area contributed by atoms with Crippen LogP contribution in [0.5, 0.6) is 11.6 Å². The van der Waals surface area contributed by atoms with Gasteiger partial charge in [0.15, 0.2) is 11.5 Å². The first kappa shape index (κ1) is 27.5. The topological polar surface area (TPSA) is 117 Å². The molecule has 1 saturated carbocycles. The smallest absolute Gasteiger partial charge is 0.318 e. The minimum absolute atomic E-state index is 0.0735. The molecule has 224 valence electrons. The number of piperidine rings is 1. The predicted octanol–water partition coefficient (Wildman–Crippen LogP) is 3.65. The minimum atomic E-state index is -1.02. The number of aliphatic hydroxyl groups is 1. The van der Waals surface area contributed by atoms with Gasteiger partial charge in [0.2, 0.25) is 5.88 Å². The van der Waals surface area contributed by atoms with Gasteiger partial charge in [-0.1, -0.05) is 36.4 Å². The molecule has 4 aromatic rings. The lowest BCUT2D eigenvalue weighted by Gasteiger charge is -2.39. The van der Waals surface area contributed by atoms with Crippen LogP contribution in [0.15, 0.2) is 60.8 Å². The summed E-state index contributed by atoms with van der Waals surface area (Å²) >= 11 is 0. The number of aromatic nitrogens is 4. The second-order valence-electron chi connectivity index (χ2n) is 12.2. The van der Waals surface area contributed by atoms with Crippen LogP contribution in [0.3, 0.4) is 0 Å². The molecule has 1 spiro atoms. The van der Waals surface area contributed by atoms with Crippen LogP contribution >= 0.6 is 0 Å². The van der Waals surface area contributed by atoms with E-state index in [-0.39, 0.29) is 29.4 Å². The zero-order valence-electron chi connectivity index (χ0n) is 24.6. The van der Waals surface area contributed by atoms with Crippen LogP contribution < -0.4 is 19.7 Å². The number of β-amino-alcohol motifs (C(OH)–C–C–N with tert-alkyl or cyclic N) is 1. The maximum Gasteiger partial charge on any atom is 0.318 e. The highest BCUT2D eigenvalue weighted by Crippen LogP contribution is 2.48. The lowest BCUT2D eigenvalue weighted by Crippen LogP contribution is -2.52. The van der Waals surface area contributed by atoms with Crippen molar-refractivity contribution < 1.29 is 19.4 Å². The van der Waals surface area contributed by atoms with Gasteiger partial charge in [0.1, 0.15) is 17.7 Å². The Morgan fingerprint density at radius 2 is 1.84 bits per heavy atom. The van der Waals surface area contributed by atoms with Crippen LogP contribution in [0.2, 0.25) is 0 Å². The third-order valence-electron chi connectivity index (χ3n) is 9.17. The van der Waals surface area contributed by atoms with Gasteiger partial charge in [-0.2, -0.15) is 4.98 Å². The van der Waals surface area contributed by atoms with Crippen molar-refractivity contribution in [1.29, 1.82) is 0 Å². The van der Waals surface area contributed by atoms with Crippen molar-refractivity contribution >= 4 is 17.5 Å². The van der Waals surface area contributed by atoms with Crippen LogP contribution in [-0.4, -0.2) is 81.1 Å². The van der Waals surface area contributed by atoms with Crippen molar-refractivity contribution in [3.05, 3.63) is 77.7 Å². The van der Waals surface area contributed by atoms with Gasteiger partial charge in [0.05, 0.1) is 32.0 Å². The summed E-state index contributed by atoms with van der Waals surface area (Å²) in [5.41, 5.74) is 2.62. The zero-order chi connectivity index (χ0) is 29.6. The number of urea groups is 1. The highest BCUT2D eigenvalue weighted by Gasteiger charge is 2.46. The highest BCUT2D eigenvalue weighted by molar-refractivity contribution is 5.78. The molecule has 43 heavy (non-hydrogen) atoms. The van der Waals surface area contributed by atoms with Gasteiger partial charge in [0, 0.05) is 31.1 Å². The van der Waals surface area contributed by atoms with E-state index in [0.29, 0.717) is 24.7 Å². The fourth-order valence-electron chi connectivity index (χ4n) is 6.40. The molecule has 11 heteroatoms. The quantitative estimate of drug-likeness (QED) is 0.307. The Kier molecular flexibility index (Phi) is 6.84. The van der Waals surface area contributed by atoms with Gasteiger partial charge in [-0.15, -0.1) is 5.10 Å². The van der Waals surface area contributed by atoms with Gasteiger partial charge >= 0.3 is 6.03 Å². The van der Waals surface area contributed by atoms with E-state index >= 15 is 0 Å². The summed E-state index contributed by atoms with van der Waals surface area (Å²) in [6.45, 7) is 4.74. The van der Waals surface area contributed by atoms with E-state index in [9.17, 15) is 9.90 Å². The second kappa shape index (κ2) is 10.7. The molecular formula is C32H37N7O4. The van der Waals surface area contributed by atoms with Gasteiger partial charge in [-0.05, 0) is 55.9 Å². The number of ether oxygens (including phenoxy) is 2. The Hall–Kier alpha value is -4.38. The number of anilines is 1. The number of aryl methyl sites for hydroxylation is 1. The van der Waals surface area contributed by atoms with E-state index < -0.39 is 6.10 Å². The molecule has 7 rings (SSSR count). The third kappa shape index (κ3) is 5.33.